The van der Waals surface area contributed by atoms with Crippen LogP contribution in [0.25, 0.3) is 0 Å². The van der Waals surface area contributed by atoms with Gasteiger partial charge in [-0.2, -0.15) is 13.2 Å². The number of rotatable bonds is 2. The van der Waals surface area contributed by atoms with Gasteiger partial charge in [-0.15, -0.1) is 0 Å². The highest BCUT2D eigenvalue weighted by molar-refractivity contribution is 5.41. The fraction of sp³-hybridized carbons (Fsp3) is 0.389. The molecular formula is C18H17F5N2O. The van der Waals surface area contributed by atoms with E-state index >= 15 is 0 Å². The molecule has 8 heteroatoms. The van der Waals surface area contributed by atoms with E-state index in [2.05, 4.69) is 4.99 Å². The maximum atomic E-state index is 14.4. The standard InChI is InChI=1S/C18H17F5N2O/c1-25-9-10(18(21,22)23)8-13(19)17(25)24-14-5-3-4-12-11(14)6-7-15(26-2)16(12)20/h6-9,14H,3-5H2,1-2H3. The Morgan fingerprint density at radius 2 is 1.96 bits per heavy atom. The lowest BCUT2D eigenvalue weighted by Crippen LogP contribution is -2.26. The van der Waals surface area contributed by atoms with E-state index in [1.165, 1.54) is 20.2 Å². The summed E-state index contributed by atoms with van der Waals surface area (Å²) in [6.07, 6.45) is -2.16. The molecule has 1 aromatic carbocycles. The number of hydrogen-bond acceptors (Lipinski definition) is 2. The summed E-state index contributed by atoms with van der Waals surface area (Å²) in [5.41, 5.74) is -0.225. The summed E-state index contributed by atoms with van der Waals surface area (Å²) in [6.45, 7) is 0. The van der Waals surface area contributed by atoms with Crippen molar-refractivity contribution in [1.82, 2.24) is 4.57 Å². The second-order valence-corrected chi connectivity index (χ2v) is 6.20. The average molecular weight is 372 g/mol. The number of aryl methyl sites for hydroxylation is 1. The van der Waals surface area contributed by atoms with Crippen molar-refractivity contribution in [2.45, 2.75) is 31.5 Å². The minimum absolute atomic E-state index is 0.121. The third-order valence-electron chi connectivity index (χ3n) is 4.50. The van der Waals surface area contributed by atoms with E-state index in [-0.39, 0.29) is 11.2 Å². The minimum Gasteiger partial charge on any atom is -0.494 e. The first-order chi connectivity index (χ1) is 12.2. The van der Waals surface area contributed by atoms with Crippen LogP contribution in [0.15, 0.2) is 29.4 Å². The maximum Gasteiger partial charge on any atom is 0.417 e. The number of pyridine rings is 1. The SMILES string of the molecule is COc1ccc2c(c1F)CCCC2N=c1c(F)cc(C(F)(F)F)cn1C. The monoisotopic (exact) mass is 372 g/mol. The van der Waals surface area contributed by atoms with Gasteiger partial charge in [0.15, 0.2) is 22.9 Å². The van der Waals surface area contributed by atoms with Gasteiger partial charge in [-0.3, -0.25) is 4.99 Å². The summed E-state index contributed by atoms with van der Waals surface area (Å²) in [5.74, 6) is -1.42. The summed E-state index contributed by atoms with van der Waals surface area (Å²) < 4.78 is 73.0. The lowest BCUT2D eigenvalue weighted by molar-refractivity contribution is -0.138. The normalized spacial score (nSPS) is 18.0. The Balaban J connectivity index is 2.10. The van der Waals surface area contributed by atoms with E-state index in [1.807, 2.05) is 0 Å². The number of halogens is 5. The molecule has 0 aliphatic heterocycles. The lowest BCUT2D eigenvalue weighted by atomic mass is 9.87. The van der Waals surface area contributed by atoms with Crippen molar-refractivity contribution in [3.63, 3.8) is 0 Å². The molecule has 1 heterocycles. The van der Waals surface area contributed by atoms with Crippen molar-refractivity contribution < 1.29 is 26.7 Å². The Hall–Kier alpha value is -2.38. The van der Waals surface area contributed by atoms with Crippen molar-refractivity contribution in [2.75, 3.05) is 7.11 Å². The minimum atomic E-state index is -4.64. The molecule has 0 saturated carbocycles. The zero-order valence-corrected chi connectivity index (χ0v) is 14.2. The van der Waals surface area contributed by atoms with Crippen LogP contribution in [-0.4, -0.2) is 11.7 Å². The van der Waals surface area contributed by atoms with Crippen LogP contribution in [-0.2, 0) is 19.6 Å². The summed E-state index contributed by atoms with van der Waals surface area (Å²) >= 11 is 0. The molecule has 1 atom stereocenters. The number of methoxy groups -OCH3 is 1. The van der Waals surface area contributed by atoms with Gasteiger partial charge in [0.25, 0.3) is 0 Å². The largest absolute Gasteiger partial charge is 0.494 e. The number of fused-ring (bicyclic) bond motifs is 1. The second-order valence-electron chi connectivity index (χ2n) is 6.20. The summed E-state index contributed by atoms with van der Waals surface area (Å²) in [4.78, 5) is 4.29. The number of benzene rings is 1. The zero-order chi connectivity index (χ0) is 19.1. The van der Waals surface area contributed by atoms with E-state index in [1.54, 1.807) is 6.07 Å². The first-order valence-corrected chi connectivity index (χ1v) is 8.05. The molecular weight excluding hydrogens is 355 g/mol. The van der Waals surface area contributed by atoms with Crippen LogP contribution in [0.4, 0.5) is 22.0 Å². The molecule has 0 amide bonds. The van der Waals surface area contributed by atoms with Gasteiger partial charge in [0.2, 0.25) is 0 Å². The first kappa shape index (κ1) is 18.4. The lowest BCUT2D eigenvalue weighted by Gasteiger charge is -2.24. The molecule has 1 unspecified atom stereocenters. The number of nitrogens with zero attached hydrogens (tertiary/aromatic N) is 2. The Labute approximate surface area is 146 Å². The van der Waals surface area contributed by atoms with E-state index in [4.69, 9.17) is 4.74 Å². The van der Waals surface area contributed by atoms with Crippen molar-refractivity contribution in [3.05, 3.63) is 58.2 Å². The fourth-order valence-corrected chi connectivity index (χ4v) is 3.23. The second kappa shape index (κ2) is 6.74. The quantitative estimate of drug-likeness (QED) is 0.722. The Bertz CT molecular complexity index is 875. The molecule has 1 aliphatic carbocycles. The van der Waals surface area contributed by atoms with E-state index in [0.29, 0.717) is 36.5 Å². The third-order valence-corrected chi connectivity index (χ3v) is 4.50. The van der Waals surface area contributed by atoms with Crippen molar-refractivity contribution >= 4 is 0 Å². The molecule has 0 fully saturated rings. The zero-order valence-electron chi connectivity index (χ0n) is 14.2. The van der Waals surface area contributed by atoms with Gasteiger partial charge in [0.05, 0.1) is 18.7 Å². The fourth-order valence-electron chi connectivity index (χ4n) is 3.23. The van der Waals surface area contributed by atoms with Crippen LogP contribution in [0.1, 0.15) is 35.6 Å². The highest BCUT2D eigenvalue weighted by Gasteiger charge is 2.32. The van der Waals surface area contributed by atoms with E-state index in [0.717, 1.165) is 10.8 Å². The van der Waals surface area contributed by atoms with Crippen LogP contribution >= 0.6 is 0 Å². The molecule has 26 heavy (non-hydrogen) atoms. The predicted molar refractivity (Wildman–Crippen MR) is 84.6 cm³/mol. The van der Waals surface area contributed by atoms with Crippen LogP contribution in [0.3, 0.4) is 0 Å². The molecule has 3 rings (SSSR count). The van der Waals surface area contributed by atoms with Gasteiger partial charge < -0.3 is 9.30 Å². The topological polar surface area (TPSA) is 26.5 Å². The Kier molecular flexibility index (Phi) is 4.77. The summed E-state index contributed by atoms with van der Waals surface area (Å²) in [6, 6.07) is 3.05. The number of aromatic nitrogens is 1. The molecule has 0 saturated heterocycles. The summed E-state index contributed by atoms with van der Waals surface area (Å²) in [7, 11) is 2.67. The molecule has 140 valence electrons. The van der Waals surface area contributed by atoms with Crippen molar-refractivity contribution in [1.29, 1.82) is 0 Å². The highest BCUT2D eigenvalue weighted by Crippen LogP contribution is 2.37. The van der Waals surface area contributed by atoms with Crippen LogP contribution in [0, 0.1) is 11.6 Å². The number of ether oxygens (including phenoxy) is 1. The average Bonchev–Trinajstić information content (AvgIpc) is 2.58. The predicted octanol–water partition coefficient (Wildman–Crippen LogP) is 4.31. The van der Waals surface area contributed by atoms with E-state index < -0.39 is 29.4 Å². The van der Waals surface area contributed by atoms with Crippen LogP contribution in [0.5, 0.6) is 5.75 Å². The van der Waals surface area contributed by atoms with Crippen LogP contribution in [0.2, 0.25) is 0 Å². The molecule has 1 aromatic heterocycles. The van der Waals surface area contributed by atoms with E-state index in [9.17, 15) is 22.0 Å². The Morgan fingerprint density at radius 1 is 1.23 bits per heavy atom. The molecule has 1 aliphatic rings. The van der Waals surface area contributed by atoms with Gasteiger partial charge in [0.1, 0.15) is 0 Å². The summed E-state index contributed by atoms with van der Waals surface area (Å²) in [5, 5.41) is 0. The smallest absolute Gasteiger partial charge is 0.417 e. The molecule has 2 aromatic rings. The number of alkyl halides is 3. The third kappa shape index (κ3) is 3.32. The van der Waals surface area contributed by atoms with Gasteiger partial charge in [-0.05, 0) is 42.5 Å². The molecule has 0 spiro atoms. The van der Waals surface area contributed by atoms with Gasteiger partial charge >= 0.3 is 6.18 Å². The highest BCUT2D eigenvalue weighted by atomic mass is 19.4. The van der Waals surface area contributed by atoms with Crippen molar-refractivity contribution in [3.8, 4) is 5.75 Å². The van der Waals surface area contributed by atoms with Gasteiger partial charge in [0, 0.05) is 13.2 Å². The van der Waals surface area contributed by atoms with Gasteiger partial charge in [-0.25, -0.2) is 8.78 Å². The molecule has 0 bridgehead atoms. The first-order valence-electron chi connectivity index (χ1n) is 8.05. The molecule has 0 radical (unpaired) electrons. The van der Waals surface area contributed by atoms with Crippen LogP contribution < -0.4 is 10.2 Å². The molecule has 0 N–H and O–H groups in total. The maximum absolute atomic E-state index is 14.4. The Morgan fingerprint density at radius 3 is 2.58 bits per heavy atom. The molecule has 3 nitrogen and oxygen atoms in total. The van der Waals surface area contributed by atoms with Crippen molar-refractivity contribution in [2.24, 2.45) is 12.0 Å². The number of hydrogen-bond donors (Lipinski definition) is 0. The van der Waals surface area contributed by atoms with Gasteiger partial charge in [-0.1, -0.05) is 6.07 Å².